The highest BCUT2D eigenvalue weighted by molar-refractivity contribution is 7.12. The van der Waals surface area contributed by atoms with Crippen LogP contribution in [-0.4, -0.2) is 40.4 Å². The Bertz CT molecular complexity index is 514. The first-order valence-corrected chi connectivity index (χ1v) is 7.42. The summed E-state index contributed by atoms with van der Waals surface area (Å²) in [5.41, 5.74) is 0. The highest BCUT2D eigenvalue weighted by Gasteiger charge is 2.41. The molecule has 5 nitrogen and oxygen atoms in total. The molecule has 2 N–H and O–H groups in total. The van der Waals surface area contributed by atoms with Crippen molar-refractivity contribution in [1.82, 2.24) is 10.2 Å². The van der Waals surface area contributed by atoms with Crippen molar-refractivity contribution < 1.29 is 14.7 Å². The fourth-order valence-electron chi connectivity index (χ4n) is 2.90. The van der Waals surface area contributed by atoms with Crippen molar-refractivity contribution in [2.45, 2.75) is 37.8 Å². The van der Waals surface area contributed by atoms with E-state index in [1.165, 1.54) is 22.8 Å². The lowest BCUT2D eigenvalue weighted by Gasteiger charge is -2.28. The normalized spacial score (nSPS) is 26.3. The van der Waals surface area contributed by atoms with Gasteiger partial charge in [0.25, 0.3) is 5.91 Å². The van der Waals surface area contributed by atoms with Gasteiger partial charge in [-0.15, -0.1) is 11.3 Å². The number of aromatic hydroxyl groups is 1. The van der Waals surface area contributed by atoms with E-state index in [4.69, 9.17) is 0 Å². The summed E-state index contributed by atoms with van der Waals surface area (Å²) in [6.07, 6.45) is 3.97. The van der Waals surface area contributed by atoms with Crippen molar-refractivity contribution >= 4 is 23.2 Å². The van der Waals surface area contributed by atoms with Crippen LogP contribution >= 0.6 is 11.3 Å². The summed E-state index contributed by atoms with van der Waals surface area (Å²) in [6.45, 7) is 0.815. The maximum Gasteiger partial charge on any atom is 0.262 e. The summed E-state index contributed by atoms with van der Waals surface area (Å²) >= 11 is 1.18. The topological polar surface area (TPSA) is 69.6 Å². The first kappa shape index (κ1) is 12.5. The Kier molecular flexibility index (Phi) is 3.18. The smallest absolute Gasteiger partial charge is 0.262 e. The maximum absolute atomic E-state index is 12.2. The molecule has 0 aromatic carbocycles. The number of piperidine rings is 1. The molecule has 0 saturated carbocycles. The number of nitrogens with zero attached hydrogens (tertiary/aromatic N) is 1. The van der Waals surface area contributed by atoms with Crippen molar-refractivity contribution in [2.24, 2.45) is 0 Å². The van der Waals surface area contributed by atoms with E-state index in [1.54, 1.807) is 0 Å². The summed E-state index contributed by atoms with van der Waals surface area (Å²) in [7, 11) is 0. The summed E-state index contributed by atoms with van der Waals surface area (Å²) < 4.78 is 0. The second-order valence-corrected chi connectivity index (χ2v) is 6.02. The minimum atomic E-state index is -0.403. The zero-order valence-corrected chi connectivity index (χ0v) is 11.3. The van der Waals surface area contributed by atoms with Gasteiger partial charge < -0.3 is 15.3 Å². The van der Waals surface area contributed by atoms with E-state index in [2.05, 4.69) is 5.32 Å². The summed E-state index contributed by atoms with van der Waals surface area (Å²) in [5.74, 6) is -0.146. The SMILES string of the molecule is O=C(NC1CC2CCCCN2C1=O)c1cc(O)cs1. The van der Waals surface area contributed by atoms with Crippen LogP contribution in [0.3, 0.4) is 0 Å². The van der Waals surface area contributed by atoms with E-state index in [0.29, 0.717) is 17.3 Å². The molecule has 0 spiro atoms. The van der Waals surface area contributed by atoms with Gasteiger partial charge in [-0.1, -0.05) is 0 Å². The lowest BCUT2D eigenvalue weighted by molar-refractivity contribution is -0.131. The number of amides is 2. The third-order valence-corrected chi connectivity index (χ3v) is 4.75. The number of carbonyl (C=O) groups is 2. The van der Waals surface area contributed by atoms with Gasteiger partial charge in [0.1, 0.15) is 11.8 Å². The molecule has 1 aromatic heterocycles. The van der Waals surface area contributed by atoms with E-state index in [1.807, 2.05) is 4.90 Å². The Morgan fingerprint density at radius 1 is 1.47 bits per heavy atom. The highest BCUT2D eigenvalue weighted by Crippen LogP contribution is 2.28. The van der Waals surface area contributed by atoms with E-state index in [9.17, 15) is 14.7 Å². The van der Waals surface area contributed by atoms with Gasteiger partial charge in [-0.25, -0.2) is 0 Å². The summed E-state index contributed by atoms with van der Waals surface area (Å²) in [6, 6.07) is 1.32. The number of hydrogen-bond donors (Lipinski definition) is 2. The molecular weight excluding hydrogens is 264 g/mol. The first-order valence-electron chi connectivity index (χ1n) is 6.54. The molecule has 1 aromatic rings. The molecule has 2 aliphatic heterocycles. The minimum Gasteiger partial charge on any atom is -0.507 e. The molecule has 3 rings (SSSR count). The van der Waals surface area contributed by atoms with Crippen LogP contribution < -0.4 is 5.32 Å². The molecule has 2 fully saturated rings. The fourth-order valence-corrected chi connectivity index (χ4v) is 3.57. The Labute approximate surface area is 115 Å². The quantitative estimate of drug-likeness (QED) is 0.859. The van der Waals surface area contributed by atoms with E-state index in [-0.39, 0.29) is 17.6 Å². The average molecular weight is 280 g/mol. The van der Waals surface area contributed by atoms with Crippen LogP contribution in [0.25, 0.3) is 0 Å². The van der Waals surface area contributed by atoms with Gasteiger partial charge >= 0.3 is 0 Å². The number of fused-ring (bicyclic) bond motifs is 1. The number of hydrogen-bond acceptors (Lipinski definition) is 4. The standard InChI is InChI=1S/C13H16N2O3S/c16-9-6-11(19-7-9)12(17)14-10-5-8-3-1-2-4-15(8)13(10)18/h6-8,10,16H,1-5H2,(H,14,17). The summed E-state index contributed by atoms with van der Waals surface area (Å²) in [5, 5.41) is 13.5. The van der Waals surface area contributed by atoms with E-state index < -0.39 is 6.04 Å². The second-order valence-electron chi connectivity index (χ2n) is 5.11. The van der Waals surface area contributed by atoms with Crippen LogP contribution in [0, 0.1) is 0 Å². The Morgan fingerprint density at radius 2 is 2.32 bits per heavy atom. The highest BCUT2D eigenvalue weighted by atomic mass is 32.1. The Hall–Kier alpha value is -1.56. The Balaban J connectivity index is 1.67. The van der Waals surface area contributed by atoms with Crippen molar-refractivity contribution in [1.29, 1.82) is 0 Å². The zero-order chi connectivity index (χ0) is 13.4. The second kappa shape index (κ2) is 4.85. The molecule has 2 aliphatic rings. The van der Waals surface area contributed by atoms with Crippen LogP contribution in [0.5, 0.6) is 5.75 Å². The number of thiophene rings is 1. The van der Waals surface area contributed by atoms with Gasteiger partial charge in [0.15, 0.2) is 0 Å². The molecule has 2 saturated heterocycles. The van der Waals surface area contributed by atoms with Crippen molar-refractivity contribution in [3.63, 3.8) is 0 Å². The molecular formula is C13H16N2O3S. The Morgan fingerprint density at radius 3 is 3.00 bits per heavy atom. The molecule has 2 atom stereocenters. The predicted octanol–water partition coefficient (Wildman–Crippen LogP) is 1.34. The lowest BCUT2D eigenvalue weighted by atomic mass is 10.0. The number of carbonyl (C=O) groups excluding carboxylic acids is 2. The van der Waals surface area contributed by atoms with Crippen molar-refractivity contribution in [2.75, 3.05) is 6.54 Å². The third kappa shape index (κ3) is 2.32. The average Bonchev–Trinajstić information content (AvgIpc) is 2.96. The number of rotatable bonds is 2. The van der Waals surface area contributed by atoms with Crippen LogP contribution in [0.15, 0.2) is 11.4 Å². The van der Waals surface area contributed by atoms with Crippen LogP contribution in [0.1, 0.15) is 35.4 Å². The largest absolute Gasteiger partial charge is 0.507 e. The molecule has 0 bridgehead atoms. The predicted molar refractivity (Wildman–Crippen MR) is 71.2 cm³/mol. The van der Waals surface area contributed by atoms with Gasteiger partial charge in [0.2, 0.25) is 5.91 Å². The molecule has 2 amide bonds. The molecule has 6 heteroatoms. The van der Waals surface area contributed by atoms with Gasteiger partial charge in [0.05, 0.1) is 4.88 Å². The summed E-state index contributed by atoms with van der Waals surface area (Å²) in [4.78, 5) is 26.5. The number of nitrogens with one attached hydrogen (secondary N) is 1. The van der Waals surface area contributed by atoms with Crippen LogP contribution in [-0.2, 0) is 4.79 Å². The molecule has 102 valence electrons. The molecule has 3 heterocycles. The van der Waals surface area contributed by atoms with Crippen molar-refractivity contribution in [3.05, 3.63) is 16.3 Å². The molecule has 0 radical (unpaired) electrons. The van der Waals surface area contributed by atoms with Gasteiger partial charge in [-0.3, -0.25) is 9.59 Å². The maximum atomic E-state index is 12.2. The van der Waals surface area contributed by atoms with Gasteiger partial charge in [-0.05, 0) is 25.7 Å². The molecule has 2 unspecified atom stereocenters. The van der Waals surface area contributed by atoms with Crippen molar-refractivity contribution in [3.8, 4) is 5.75 Å². The molecule has 19 heavy (non-hydrogen) atoms. The lowest BCUT2D eigenvalue weighted by Crippen LogP contribution is -2.42. The van der Waals surface area contributed by atoms with Gasteiger partial charge in [-0.2, -0.15) is 0 Å². The minimum absolute atomic E-state index is 0.0406. The molecule has 0 aliphatic carbocycles. The van der Waals surface area contributed by atoms with E-state index in [0.717, 1.165) is 25.8 Å². The van der Waals surface area contributed by atoms with Gasteiger partial charge in [0, 0.05) is 24.0 Å². The monoisotopic (exact) mass is 280 g/mol. The van der Waals surface area contributed by atoms with Crippen LogP contribution in [0.4, 0.5) is 0 Å². The first-order chi connectivity index (χ1) is 9.15. The van der Waals surface area contributed by atoms with Crippen LogP contribution in [0.2, 0.25) is 0 Å². The zero-order valence-electron chi connectivity index (χ0n) is 10.5. The van der Waals surface area contributed by atoms with E-state index >= 15 is 0 Å². The third-order valence-electron chi connectivity index (χ3n) is 3.83. The fraction of sp³-hybridized carbons (Fsp3) is 0.538.